The first-order chi connectivity index (χ1) is 10.9. The highest BCUT2D eigenvalue weighted by Gasteiger charge is 2.16. The van der Waals surface area contributed by atoms with Crippen molar-refractivity contribution in [2.75, 3.05) is 25.1 Å². The molecule has 0 unspecified atom stereocenters. The molecule has 6 heteroatoms. The van der Waals surface area contributed by atoms with E-state index >= 15 is 0 Å². The Morgan fingerprint density at radius 2 is 2.04 bits per heavy atom. The predicted octanol–water partition coefficient (Wildman–Crippen LogP) is 1.67. The molecule has 1 atom stereocenters. The first-order valence-corrected chi connectivity index (χ1v) is 9.14. The number of hydrogen-bond acceptors (Lipinski definition) is 3. The van der Waals surface area contributed by atoms with Crippen molar-refractivity contribution in [2.45, 2.75) is 33.1 Å². The van der Waals surface area contributed by atoms with Crippen molar-refractivity contribution in [3.8, 4) is 0 Å². The monoisotopic (exact) mass is 332 g/mol. The lowest BCUT2D eigenvalue weighted by atomic mass is 9.87. The second kappa shape index (κ2) is 9.66. The summed E-state index contributed by atoms with van der Waals surface area (Å²) in [6.45, 7) is 6.51. The number of aryl methyl sites for hydroxylation is 2. The van der Waals surface area contributed by atoms with Gasteiger partial charge in [-0.25, -0.2) is 0 Å². The van der Waals surface area contributed by atoms with Crippen molar-refractivity contribution in [3.63, 3.8) is 0 Å². The fourth-order valence-electron chi connectivity index (χ4n) is 2.38. The van der Waals surface area contributed by atoms with Crippen LogP contribution >= 0.6 is 11.8 Å². The van der Waals surface area contributed by atoms with Crippen LogP contribution in [0.4, 0.5) is 0 Å². The number of nitrogens with zero attached hydrogens (tertiary/aromatic N) is 1. The highest BCUT2D eigenvalue weighted by molar-refractivity contribution is 7.99. The van der Waals surface area contributed by atoms with E-state index in [-0.39, 0.29) is 18.4 Å². The molecule has 124 valence electrons. The molecule has 1 aromatic carbocycles. The lowest BCUT2D eigenvalue weighted by Gasteiger charge is -2.22. The van der Waals surface area contributed by atoms with Crippen LogP contribution in [0.15, 0.2) is 18.2 Å². The van der Waals surface area contributed by atoms with E-state index in [1.165, 1.54) is 27.8 Å². The minimum atomic E-state index is -0.460. The molecule has 2 radical (unpaired) electrons. The minimum Gasteiger partial charge on any atom is -0.360 e. The lowest BCUT2D eigenvalue weighted by molar-refractivity contribution is -0.133. The molecule has 0 bridgehead atoms. The summed E-state index contributed by atoms with van der Waals surface area (Å²) in [6.07, 6.45) is 2.44. The van der Waals surface area contributed by atoms with Gasteiger partial charge < -0.3 is 10.2 Å². The first-order valence-electron chi connectivity index (χ1n) is 7.75. The van der Waals surface area contributed by atoms with Gasteiger partial charge in [0.05, 0.1) is 20.1 Å². The van der Waals surface area contributed by atoms with Gasteiger partial charge in [0, 0.05) is 6.54 Å². The molecule has 0 aliphatic heterocycles. The fourth-order valence-corrected chi connectivity index (χ4v) is 2.81. The Bertz CT molecular complexity index is 551. The molecule has 0 saturated carbocycles. The number of thioether (sulfide) groups is 1. The Kier molecular flexibility index (Phi) is 8.24. The summed E-state index contributed by atoms with van der Waals surface area (Å²) in [5.41, 5.74) is 3.49. The lowest BCUT2D eigenvalue weighted by Crippen LogP contribution is -2.45. The van der Waals surface area contributed by atoms with Crippen LogP contribution in [-0.2, 0) is 16.0 Å². The normalized spacial score (nSPS) is 11.8. The molecule has 4 nitrogen and oxygen atoms in total. The van der Waals surface area contributed by atoms with E-state index in [0.717, 1.165) is 5.56 Å². The molecule has 0 aromatic heterocycles. The van der Waals surface area contributed by atoms with Gasteiger partial charge in [0.2, 0.25) is 11.8 Å². The third-order valence-corrected chi connectivity index (χ3v) is 4.16. The molecule has 0 aliphatic carbocycles. The molecule has 2 amide bonds. The van der Waals surface area contributed by atoms with Gasteiger partial charge in [-0.1, -0.05) is 23.8 Å². The number of rotatable bonds is 8. The molecular formula is C17H25BN2O2S. The van der Waals surface area contributed by atoms with Gasteiger partial charge in [0.25, 0.3) is 0 Å². The number of benzene rings is 1. The van der Waals surface area contributed by atoms with E-state index in [2.05, 4.69) is 11.4 Å². The van der Waals surface area contributed by atoms with Gasteiger partial charge in [-0.05, 0) is 50.5 Å². The first kappa shape index (κ1) is 19.6. The molecule has 0 heterocycles. The van der Waals surface area contributed by atoms with Crippen LogP contribution in [0.2, 0.25) is 0 Å². The molecule has 0 saturated heterocycles. The quantitative estimate of drug-likeness (QED) is 0.737. The molecule has 1 aromatic rings. The van der Waals surface area contributed by atoms with Gasteiger partial charge in [0.1, 0.15) is 0 Å². The van der Waals surface area contributed by atoms with Crippen molar-refractivity contribution in [1.29, 1.82) is 0 Å². The van der Waals surface area contributed by atoms with Crippen molar-refractivity contribution in [1.82, 2.24) is 10.2 Å². The summed E-state index contributed by atoms with van der Waals surface area (Å²) < 4.78 is 0. The summed E-state index contributed by atoms with van der Waals surface area (Å²) in [6, 6.07) is 6.18. The topological polar surface area (TPSA) is 49.4 Å². The Labute approximate surface area is 144 Å². The number of carbonyl (C=O) groups excluding carboxylic acids is 2. The van der Waals surface area contributed by atoms with Crippen molar-refractivity contribution >= 4 is 31.4 Å². The third kappa shape index (κ3) is 6.69. The van der Waals surface area contributed by atoms with Gasteiger partial charge in [-0.3, -0.25) is 9.59 Å². The van der Waals surface area contributed by atoms with Crippen LogP contribution in [0, 0.1) is 13.8 Å². The standard InChI is InChI=1S/C17H25BN2O2S/c1-5-20(17(22)11-23-4)10-16(21)19-15(18)9-14-7-6-12(2)8-13(14)3/h6-8,15H,5,9-11H2,1-4H3,(H,19,21)/t15-/m0/s1. The molecule has 0 spiro atoms. The fraction of sp³-hybridized carbons (Fsp3) is 0.529. The van der Waals surface area contributed by atoms with Gasteiger partial charge in [-0.2, -0.15) is 11.8 Å². The van der Waals surface area contributed by atoms with E-state index in [1.54, 1.807) is 0 Å². The Hall–Kier alpha value is -1.43. The number of likely N-dealkylation sites (N-methyl/N-ethyl adjacent to an activating group) is 1. The zero-order valence-corrected chi connectivity index (χ0v) is 15.2. The Morgan fingerprint density at radius 1 is 1.35 bits per heavy atom. The number of hydrogen-bond donors (Lipinski definition) is 1. The average Bonchev–Trinajstić information content (AvgIpc) is 2.47. The maximum atomic E-state index is 12.1. The molecule has 0 fully saturated rings. The number of amides is 2. The van der Waals surface area contributed by atoms with E-state index in [9.17, 15) is 9.59 Å². The second-order valence-electron chi connectivity index (χ2n) is 5.65. The van der Waals surface area contributed by atoms with Crippen LogP contribution in [0.1, 0.15) is 23.6 Å². The van der Waals surface area contributed by atoms with Crippen LogP contribution in [-0.4, -0.2) is 55.6 Å². The Balaban J connectivity index is 2.54. The maximum absolute atomic E-state index is 12.1. The second-order valence-corrected chi connectivity index (χ2v) is 6.52. The third-order valence-electron chi connectivity index (χ3n) is 3.62. The summed E-state index contributed by atoms with van der Waals surface area (Å²) in [7, 11) is 6.03. The maximum Gasteiger partial charge on any atom is 0.239 e. The minimum absolute atomic E-state index is 0.0295. The molecule has 23 heavy (non-hydrogen) atoms. The van der Waals surface area contributed by atoms with E-state index in [4.69, 9.17) is 7.85 Å². The number of nitrogens with one attached hydrogen (secondary N) is 1. The highest BCUT2D eigenvalue weighted by atomic mass is 32.2. The van der Waals surface area contributed by atoms with E-state index in [0.29, 0.717) is 18.7 Å². The average molecular weight is 332 g/mol. The van der Waals surface area contributed by atoms with Crippen molar-refractivity contribution in [2.24, 2.45) is 0 Å². The largest absolute Gasteiger partial charge is 0.360 e. The molecule has 1 rings (SSSR count). The summed E-state index contributed by atoms with van der Waals surface area (Å²) in [4.78, 5) is 25.5. The predicted molar refractivity (Wildman–Crippen MR) is 97.9 cm³/mol. The molecular weight excluding hydrogens is 307 g/mol. The van der Waals surface area contributed by atoms with Crippen molar-refractivity contribution < 1.29 is 9.59 Å². The van der Waals surface area contributed by atoms with E-state index < -0.39 is 5.94 Å². The zero-order chi connectivity index (χ0) is 17.4. The summed E-state index contributed by atoms with van der Waals surface area (Å²) >= 11 is 1.45. The van der Waals surface area contributed by atoms with Gasteiger partial charge in [-0.15, -0.1) is 0 Å². The van der Waals surface area contributed by atoms with Crippen LogP contribution in [0.3, 0.4) is 0 Å². The van der Waals surface area contributed by atoms with Gasteiger partial charge in [0.15, 0.2) is 0 Å². The molecule has 0 aliphatic rings. The smallest absolute Gasteiger partial charge is 0.239 e. The molecule has 1 N–H and O–H groups in total. The van der Waals surface area contributed by atoms with Crippen LogP contribution in [0.5, 0.6) is 0 Å². The van der Waals surface area contributed by atoms with Crippen molar-refractivity contribution in [3.05, 3.63) is 34.9 Å². The van der Waals surface area contributed by atoms with Gasteiger partial charge >= 0.3 is 0 Å². The van der Waals surface area contributed by atoms with Crippen LogP contribution in [0.25, 0.3) is 0 Å². The number of carbonyl (C=O) groups is 2. The zero-order valence-electron chi connectivity index (χ0n) is 14.4. The van der Waals surface area contributed by atoms with Crippen LogP contribution < -0.4 is 5.32 Å². The summed E-state index contributed by atoms with van der Waals surface area (Å²) in [5, 5.41) is 2.77. The SMILES string of the molecule is [B][C@H](Cc1ccc(C)cc1C)NC(=O)CN(CC)C(=O)CSC. The van der Waals surface area contributed by atoms with E-state index in [1.807, 2.05) is 39.2 Å². The Morgan fingerprint density at radius 3 is 2.61 bits per heavy atom. The highest BCUT2D eigenvalue weighted by Crippen LogP contribution is 2.12. The summed E-state index contributed by atoms with van der Waals surface area (Å²) in [5.74, 6) is -0.328.